The van der Waals surface area contributed by atoms with Crippen molar-refractivity contribution in [2.45, 2.75) is 20.3 Å². The van der Waals surface area contributed by atoms with Gasteiger partial charge in [-0.25, -0.2) is 9.78 Å². The lowest BCUT2D eigenvalue weighted by molar-refractivity contribution is 0.0594. The van der Waals surface area contributed by atoms with Crippen LogP contribution in [-0.2, 0) is 11.2 Å². The number of carbonyl (C=O) groups excluding carboxylic acids is 1. The largest absolute Gasteiger partial charge is 0.464 e. The highest BCUT2D eigenvalue weighted by Crippen LogP contribution is 2.15. The van der Waals surface area contributed by atoms with E-state index in [1.807, 2.05) is 13.8 Å². The smallest absolute Gasteiger partial charge is 0.358 e. The number of hydrogen-bond acceptors (Lipinski definition) is 5. The van der Waals surface area contributed by atoms with Crippen molar-refractivity contribution >= 4 is 11.6 Å². The maximum Gasteiger partial charge on any atom is 0.358 e. The molecule has 0 saturated carbocycles. The number of aryl methyl sites for hydroxylation is 1. The molecule has 0 amide bonds. The number of aromatic nitrogens is 5. The number of imidazole rings is 1. The number of esters is 1. The first-order chi connectivity index (χ1) is 10.6. The van der Waals surface area contributed by atoms with Gasteiger partial charge < -0.3 is 14.3 Å². The van der Waals surface area contributed by atoms with E-state index in [1.54, 1.807) is 10.8 Å². The van der Waals surface area contributed by atoms with Crippen LogP contribution in [0.3, 0.4) is 0 Å². The van der Waals surface area contributed by atoms with Gasteiger partial charge in [-0.2, -0.15) is 9.61 Å². The number of rotatable bonds is 3. The molecule has 0 fully saturated rings. The Bertz CT molecular complexity index is 918. The zero-order valence-corrected chi connectivity index (χ0v) is 12.5. The zero-order valence-electron chi connectivity index (χ0n) is 12.5. The lowest BCUT2D eigenvalue weighted by atomic mass is 10.2. The van der Waals surface area contributed by atoms with Gasteiger partial charge in [0, 0.05) is 17.5 Å². The second kappa shape index (κ2) is 5.14. The van der Waals surface area contributed by atoms with E-state index in [1.165, 1.54) is 24.1 Å². The molecular formula is C14H15N5O3. The maximum absolute atomic E-state index is 12.4. The first kappa shape index (κ1) is 14.1. The second-order valence-corrected chi connectivity index (χ2v) is 4.84. The molecule has 0 aliphatic carbocycles. The summed E-state index contributed by atoms with van der Waals surface area (Å²) in [7, 11) is 1.30. The van der Waals surface area contributed by atoms with E-state index in [-0.39, 0.29) is 11.3 Å². The van der Waals surface area contributed by atoms with E-state index in [4.69, 9.17) is 0 Å². The summed E-state index contributed by atoms with van der Waals surface area (Å²) >= 11 is 0. The van der Waals surface area contributed by atoms with Crippen LogP contribution in [-0.4, -0.2) is 37.2 Å². The number of fused-ring (bicyclic) bond motifs is 1. The fraction of sp³-hybridized carbons (Fsp3) is 0.286. The molecule has 3 rings (SSSR count). The van der Waals surface area contributed by atoms with Gasteiger partial charge in [0.05, 0.1) is 13.3 Å². The van der Waals surface area contributed by atoms with Crippen LogP contribution < -0.4 is 5.56 Å². The SMILES string of the molecule is CCc1c(C)[nH]c2c(-n3cnc(C(=O)OC)c3)cnn2c1=O. The zero-order chi connectivity index (χ0) is 15.9. The van der Waals surface area contributed by atoms with Gasteiger partial charge in [0.1, 0.15) is 12.0 Å². The molecule has 3 heterocycles. The van der Waals surface area contributed by atoms with Crippen LogP contribution in [0.4, 0.5) is 0 Å². The van der Waals surface area contributed by atoms with Gasteiger partial charge in [0.25, 0.3) is 5.56 Å². The monoisotopic (exact) mass is 301 g/mol. The number of methoxy groups -OCH3 is 1. The Balaban J connectivity index is 2.19. The standard InChI is InChI=1S/C14H15N5O3/c1-4-9-8(2)17-12-11(5-16-19(12)13(9)20)18-6-10(15-7-18)14(21)22-3/h5-7,17H,4H2,1-3H3. The molecule has 8 heteroatoms. The molecule has 0 unspecified atom stereocenters. The Morgan fingerprint density at radius 1 is 1.45 bits per heavy atom. The van der Waals surface area contributed by atoms with E-state index >= 15 is 0 Å². The number of nitrogens with one attached hydrogen (secondary N) is 1. The third-order valence-electron chi connectivity index (χ3n) is 3.57. The number of hydrogen-bond donors (Lipinski definition) is 1. The summed E-state index contributed by atoms with van der Waals surface area (Å²) in [4.78, 5) is 31.0. The summed E-state index contributed by atoms with van der Waals surface area (Å²) in [6.45, 7) is 3.77. The second-order valence-electron chi connectivity index (χ2n) is 4.84. The van der Waals surface area contributed by atoms with Crippen LogP contribution >= 0.6 is 0 Å². The Morgan fingerprint density at radius 3 is 2.91 bits per heavy atom. The minimum absolute atomic E-state index is 0.145. The van der Waals surface area contributed by atoms with Crippen molar-refractivity contribution in [2.24, 2.45) is 0 Å². The van der Waals surface area contributed by atoms with E-state index in [9.17, 15) is 9.59 Å². The number of carbonyl (C=O) groups is 1. The average molecular weight is 301 g/mol. The van der Waals surface area contributed by atoms with E-state index in [2.05, 4.69) is 19.8 Å². The van der Waals surface area contributed by atoms with Crippen molar-refractivity contribution in [3.05, 3.63) is 46.0 Å². The van der Waals surface area contributed by atoms with Gasteiger partial charge in [-0.3, -0.25) is 4.79 Å². The lowest BCUT2D eigenvalue weighted by Crippen LogP contribution is -2.21. The number of ether oxygens (including phenoxy) is 1. The fourth-order valence-electron chi connectivity index (χ4n) is 2.42. The minimum atomic E-state index is -0.520. The van der Waals surface area contributed by atoms with Crippen molar-refractivity contribution in [3.8, 4) is 5.69 Å². The highest BCUT2D eigenvalue weighted by Gasteiger charge is 2.15. The minimum Gasteiger partial charge on any atom is -0.464 e. The third kappa shape index (κ3) is 2.00. The molecular weight excluding hydrogens is 286 g/mol. The normalized spacial score (nSPS) is 11.0. The highest BCUT2D eigenvalue weighted by atomic mass is 16.5. The summed E-state index contributed by atoms with van der Waals surface area (Å²) in [6, 6.07) is 0. The number of aromatic amines is 1. The van der Waals surface area contributed by atoms with Gasteiger partial charge in [0.2, 0.25) is 0 Å². The van der Waals surface area contributed by atoms with Crippen molar-refractivity contribution in [2.75, 3.05) is 7.11 Å². The number of H-pyrrole nitrogens is 1. The molecule has 1 N–H and O–H groups in total. The Kier molecular flexibility index (Phi) is 3.28. The molecule has 0 radical (unpaired) electrons. The first-order valence-electron chi connectivity index (χ1n) is 6.79. The molecule has 0 aliphatic heterocycles. The van der Waals surface area contributed by atoms with Gasteiger partial charge in [-0.15, -0.1) is 0 Å². The fourth-order valence-corrected chi connectivity index (χ4v) is 2.42. The van der Waals surface area contributed by atoms with Crippen LogP contribution in [0.5, 0.6) is 0 Å². The predicted molar refractivity (Wildman–Crippen MR) is 78.4 cm³/mol. The van der Waals surface area contributed by atoms with Gasteiger partial charge >= 0.3 is 5.97 Å². The highest BCUT2D eigenvalue weighted by molar-refractivity contribution is 5.87. The molecule has 0 saturated heterocycles. The number of nitrogens with zero attached hydrogens (tertiary/aromatic N) is 4. The van der Waals surface area contributed by atoms with Crippen molar-refractivity contribution in [1.82, 2.24) is 24.1 Å². The van der Waals surface area contributed by atoms with Crippen molar-refractivity contribution in [1.29, 1.82) is 0 Å². The predicted octanol–water partition coefficient (Wildman–Crippen LogP) is 0.866. The lowest BCUT2D eigenvalue weighted by Gasteiger charge is -2.05. The summed E-state index contributed by atoms with van der Waals surface area (Å²) in [6.07, 6.45) is 5.19. The Morgan fingerprint density at radius 2 is 2.23 bits per heavy atom. The van der Waals surface area contributed by atoms with Crippen molar-refractivity contribution in [3.63, 3.8) is 0 Å². The molecule has 3 aromatic rings. The molecule has 0 atom stereocenters. The molecule has 114 valence electrons. The summed E-state index contributed by atoms with van der Waals surface area (Å²) in [5.74, 6) is -0.520. The van der Waals surface area contributed by atoms with Crippen LogP contribution in [0.15, 0.2) is 23.5 Å². The molecule has 0 bridgehead atoms. The molecule has 22 heavy (non-hydrogen) atoms. The maximum atomic E-state index is 12.4. The van der Waals surface area contributed by atoms with Gasteiger partial charge in [-0.1, -0.05) is 6.92 Å². The quantitative estimate of drug-likeness (QED) is 0.724. The summed E-state index contributed by atoms with van der Waals surface area (Å²) < 4.78 is 7.57. The van der Waals surface area contributed by atoms with Crippen LogP contribution in [0.25, 0.3) is 11.3 Å². The van der Waals surface area contributed by atoms with Gasteiger partial charge in [0.15, 0.2) is 11.3 Å². The van der Waals surface area contributed by atoms with E-state index < -0.39 is 5.97 Å². The molecule has 0 spiro atoms. The summed E-state index contributed by atoms with van der Waals surface area (Å²) in [5.41, 5.74) is 2.72. The van der Waals surface area contributed by atoms with Crippen LogP contribution in [0, 0.1) is 6.92 Å². The van der Waals surface area contributed by atoms with E-state index in [0.717, 1.165) is 5.69 Å². The van der Waals surface area contributed by atoms with Crippen LogP contribution in [0.1, 0.15) is 28.7 Å². The molecule has 8 nitrogen and oxygen atoms in total. The molecule has 3 aromatic heterocycles. The molecule has 0 aromatic carbocycles. The van der Waals surface area contributed by atoms with Crippen LogP contribution in [0.2, 0.25) is 0 Å². The van der Waals surface area contributed by atoms with E-state index in [0.29, 0.717) is 23.3 Å². The molecule has 0 aliphatic rings. The Labute approximate surface area is 125 Å². The van der Waals surface area contributed by atoms with Crippen molar-refractivity contribution < 1.29 is 9.53 Å². The summed E-state index contributed by atoms with van der Waals surface area (Å²) in [5, 5.41) is 4.13. The van der Waals surface area contributed by atoms with Gasteiger partial charge in [-0.05, 0) is 13.3 Å². The third-order valence-corrected chi connectivity index (χ3v) is 3.57. The topological polar surface area (TPSA) is 94.3 Å². The Hall–Kier alpha value is -2.90. The first-order valence-corrected chi connectivity index (χ1v) is 6.79. The average Bonchev–Trinajstić information content (AvgIpc) is 3.13.